The van der Waals surface area contributed by atoms with E-state index >= 15 is 0 Å². The van der Waals surface area contributed by atoms with Gasteiger partial charge in [-0.05, 0) is 22.9 Å². The fourth-order valence-corrected chi connectivity index (χ4v) is 2.32. The molecule has 0 saturated heterocycles. The van der Waals surface area contributed by atoms with Crippen LogP contribution < -0.4 is 4.90 Å². The average Bonchev–Trinajstić information content (AvgIpc) is 2.99. The number of anilines is 1. The number of nitrogens with zero attached hydrogens (tertiary/aromatic N) is 6. The van der Waals surface area contributed by atoms with Gasteiger partial charge in [-0.3, -0.25) is 0 Å². The van der Waals surface area contributed by atoms with Crippen molar-refractivity contribution in [1.82, 2.24) is 24.4 Å². The molecule has 2 heterocycles. The van der Waals surface area contributed by atoms with Gasteiger partial charge >= 0.3 is 0 Å². The second-order valence-corrected chi connectivity index (χ2v) is 4.89. The zero-order valence-electron chi connectivity index (χ0n) is 10.1. The van der Waals surface area contributed by atoms with Crippen LogP contribution in [0.5, 0.6) is 0 Å². The summed E-state index contributed by atoms with van der Waals surface area (Å²) >= 11 is 1.29. The highest BCUT2D eigenvalue weighted by Crippen LogP contribution is 2.18. The fourth-order valence-electron chi connectivity index (χ4n) is 1.90. The summed E-state index contributed by atoms with van der Waals surface area (Å²) in [4.78, 5) is 6.38. The Hall–Kier alpha value is -2.02. The molecule has 6 nitrogen and oxygen atoms in total. The third-order valence-corrected chi connectivity index (χ3v) is 3.54. The van der Waals surface area contributed by atoms with E-state index in [-0.39, 0.29) is 0 Å². The molecular weight excluding hydrogens is 248 g/mol. The van der Waals surface area contributed by atoms with Crippen molar-refractivity contribution in [3.8, 4) is 0 Å². The molecule has 0 N–H and O–H groups in total. The summed E-state index contributed by atoms with van der Waals surface area (Å²) < 4.78 is 5.77. The zero-order valence-corrected chi connectivity index (χ0v) is 10.9. The Morgan fingerprint density at radius 3 is 3.06 bits per heavy atom. The van der Waals surface area contributed by atoms with E-state index in [1.807, 2.05) is 29.9 Å². The molecule has 92 valence electrons. The minimum Gasteiger partial charge on any atom is -0.344 e. The molecule has 0 aliphatic rings. The first kappa shape index (κ1) is 11.1. The van der Waals surface area contributed by atoms with Gasteiger partial charge in [-0.15, -0.1) is 0 Å². The molecule has 0 radical (unpaired) electrons. The van der Waals surface area contributed by atoms with E-state index in [4.69, 9.17) is 0 Å². The third-order valence-electron chi connectivity index (χ3n) is 2.83. The predicted octanol–water partition coefficient (Wildman–Crippen LogP) is 1.46. The first-order chi connectivity index (χ1) is 8.74. The number of hydrogen-bond donors (Lipinski definition) is 0. The zero-order chi connectivity index (χ0) is 12.5. The van der Waals surface area contributed by atoms with Crippen LogP contribution in [0.3, 0.4) is 0 Å². The molecule has 0 atom stereocenters. The van der Waals surface area contributed by atoms with E-state index < -0.39 is 0 Å². The van der Waals surface area contributed by atoms with E-state index in [9.17, 15) is 0 Å². The Balaban J connectivity index is 1.86. The number of aryl methyl sites for hydroxylation is 1. The van der Waals surface area contributed by atoms with Crippen LogP contribution in [0.4, 0.5) is 5.13 Å². The summed E-state index contributed by atoms with van der Waals surface area (Å²) in [6.07, 6.45) is 1.83. The van der Waals surface area contributed by atoms with Crippen LogP contribution in [-0.4, -0.2) is 31.4 Å². The third kappa shape index (κ3) is 1.92. The molecule has 0 aliphatic heterocycles. The van der Waals surface area contributed by atoms with Crippen LogP contribution in [0.15, 0.2) is 24.5 Å². The van der Waals surface area contributed by atoms with Crippen molar-refractivity contribution in [2.75, 3.05) is 11.9 Å². The first-order valence-electron chi connectivity index (χ1n) is 5.50. The Bertz CT molecular complexity index is 659. The molecule has 0 aliphatic carbocycles. The van der Waals surface area contributed by atoms with Gasteiger partial charge in [-0.1, -0.05) is 15.7 Å². The van der Waals surface area contributed by atoms with Crippen molar-refractivity contribution in [3.63, 3.8) is 0 Å². The molecule has 0 spiro atoms. The smallest absolute Gasteiger partial charge is 0.227 e. The lowest BCUT2D eigenvalue weighted by Gasteiger charge is -2.14. The van der Waals surface area contributed by atoms with Crippen molar-refractivity contribution < 1.29 is 0 Å². The van der Waals surface area contributed by atoms with Crippen LogP contribution in [0.2, 0.25) is 0 Å². The van der Waals surface area contributed by atoms with Crippen LogP contribution in [0.25, 0.3) is 11.0 Å². The van der Waals surface area contributed by atoms with Gasteiger partial charge in [-0.25, -0.2) is 4.98 Å². The Morgan fingerprint density at radius 1 is 1.39 bits per heavy atom. The fraction of sp³-hybridized carbons (Fsp3) is 0.273. The Morgan fingerprint density at radius 2 is 2.28 bits per heavy atom. The normalized spacial score (nSPS) is 11.0. The Kier molecular flexibility index (Phi) is 2.67. The first-order valence-corrected chi connectivity index (χ1v) is 6.27. The van der Waals surface area contributed by atoms with Crippen LogP contribution in [0.1, 0.15) is 5.56 Å². The average molecular weight is 260 g/mol. The molecule has 18 heavy (non-hydrogen) atoms. The maximum absolute atomic E-state index is 4.36. The van der Waals surface area contributed by atoms with E-state index in [1.54, 1.807) is 0 Å². The van der Waals surface area contributed by atoms with Crippen molar-refractivity contribution in [2.24, 2.45) is 7.05 Å². The van der Waals surface area contributed by atoms with E-state index in [2.05, 4.69) is 38.0 Å². The highest BCUT2D eigenvalue weighted by atomic mass is 32.1. The minimum absolute atomic E-state index is 0.767. The van der Waals surface area contributed by atoms with Crippen molar-refractivity contribution in [3.05, 3.63) is 30.1 Å². The summed E-state index contributed by atoms with van der Waals surface area (Å²) in [5.74, 6) is 0. The van der Waals surface area contributed by atoms with Crippen molar-refractivity contribution in [2.45, 2.75) is 6.54 Å². The monoisotopic (exact) mass is 260 g/mol. The van der Waals surface area contributed by atoms with Gasteiger partial charge in [0, 0.05) is 32.2 Å². The number of aromatic nitrogens is 5. The molecule has 7 heteroatoms. The molecule has 0 unspecified atom stereocenters. The summed E-state index contributed by atoms with van der Waals surface area (Å²) in [5, 5.41) is 8.36. The molecular formula is C11H12N6S. The highest BCUT2D eigenvalue weighted by molar-refractivity contribution is 7.09. The van der Waals surface area contributed by atoms with Gasteiger partial charge in [0.1, 0.15) is 0 Å². The molecule has 0 fully saturated rings. The lowest BCUT2D eigenvalue weighted by atomic mass is 10.2. The summed E-state index contributed by atoms with van der Waals surface area (Å²) in [6.45, 7) is 0.767. The van der Waals surface area contributed by atoms with Gasteiger partial charge in [0.2, 0.25) is 5.13 Å². The molecule has 3 aromatic rings. The number of hydrogen-bond acceptors (Lipinski definition) is 6. The number of fused-ring (bicyclic) bond motifs is 1. The van der Waals surface area contributed by atoms with Crippen LogP contribution in [0, 0.1) is 0 Å². The molecule has 2 aromatic heterocycles. The molecule has 3 rings (SSSR count). The number of rotatable bonds is 3. The van der Waals surface area contributed by atoms with Gasteiger partial charge in [0.05, 0.1) is 17.4 Å². The Labute approximate surface area is 108 Å². The largest absolute Gasteiger partial charge is 0.344 e. The summed E-state index contributed by atoms with van der Waals surface area (Å²) in [7, 11) is 3.97. The van der Waals surface area contributed by atoms with Crippen molar-refractivity contribution >= 4 is 27.7 Å². The standard InChI is InChI=1S/C11H12N6S/c1-16(11-13-14-15-18-11)6-8-3-4-10-9(5-8)12-7-17(10)2/h3-5,7H,6H2,1-2H3. The maximum Gasteiger partial charge on any atom is 0.227 e. The summed E-state index contributed by atoms with van der Waals surface area (Å²) in [6, 6.07) is 6.29. The van der Waals surface area contributed by atoms with Crippen LogP contribution >= 0.6 is 11.5 Å². The highest BCUT2D eigenvalue weighted by Gasteiger charge is 2.07. The van der Waals surface area contributed by atoms with Crippen molar-refractivity contribution in [1.29, 1.82) is 0 Å². The maximum atomic E-state index is 4.36. The van der Waals surface area contributed by atoms with E-state index in [0.29, 0.717) is 0 Å². The molecule has 0 bridgehead atoms. The molecule has 0 amide bonds. The lowest BCUT2D eigenvalue weighted by molar-refractivity contribution is 0.874. The SMILES string of the molecule is CN(Cc1ccc2c(c1)ncn2C)c1nnns1. The predicted molar refractivity (Wildman–Crippen MR) is 70.5 cm³/mol. The van der Waals surface area contributed by atoms with E-state index in [0.717, 1.165) is 22.7 Å². The molecule has 0 saturated carbocycles. The topological polar surface area (TPSA) is 59.7 Å². The number of benzene rings is 1. The second-order valence-electron chi connectivity index (χ2n) is 4.18. The van der Waals surface area contributed by atoms with Gasteiger partial charge < -0.3 is 9.47 Å². The second kappa shape index (κ2) is 4.34. The van der Waals surface area contributed by atoms with E-state index in [1.165, 1.54) is 17.1 Å². The van der Waals surface area contributed by atoms with Gasteiger partial charge in [0.25, 0.3) is 0 Å². The molecule has 1 aromatic carbocycles. The van der Waals surface area contributed by atoms with Crippen LogP contribution in [-0.2, 0) is 13.6 Å². The summed E-state index contributed by atoms with van der Waals surface area (Å²) in [5.41, 5.74) is 3.34. The lowest BCUT2D eigenvalue weighted by Crippen LogP contribution is -2.16. The van der Waals surface area contributed by atoms with Gasteiger partial charge in [0.15, 0.2) is 0 Å². The van der Waals surface area contributed by atoms with Gasteiger partial charge in [-0.2, -0.15) is 0 Å². The minimum atomic E-state index is 0.767. The number of imidazole rings is 1. The quantitative estimate of drug-likeness (QED) is 0.713.